The monoisotopic (exact) mass is 340 g/mol. The first-order valence-corrected chi connectivity index (χ1v) is 9.68. The van der Waals surface area contributed by atoms with E-state index in [1.807, 2.05) is 0 Å². The van der Waals surface area contributed by atoms with Gasteiger partial charge in [0.15, 0.2) is 0 Å². The molecule has 4 rings (SSSR count). The summed E-state index contributed by atoms with van der Waals surface area (Å²) >= 11 is 1.76. The molecule has 2 aromatic rings. The fourth-order valence-corrected chi connectivity index (χ4v) is 5.17. The minimum Gasteiger partial charge on any atom is -0.351 e. The number of nitrogens with one attached hydrogen (secondary N) is 1. The van der Waals surface area contributed by atoms with E-state index in [9.17, 15) is 4.79 Å². The van der Waals surface area contributed by atoms with E-state index in [0.29, 0.717) is 18.6 Å². The minimum atomic E-state index is 0.124. The van der Waals surface area contributed by atoms with Crippen LogP contribution in [0.3, 0.4) is 0 Å². The molecule has 2 aliphatic rings. The van der Waals surface area contributed by atoms with Crippen molar-refractivity contribution in [1.82, 2.24) is 10.2 Å². The van der Waals surface area contributed by atoms with Gasteiger partial charge in [-0.25, -0.2) is 0 Å². The summed E-state index contributed by atoms with van der Waals surface area (Å²) in [5.41, 5.74) is 1.36. The van der Waals surface area contributed by atoms with Crippen molar-refractivity contribution >= 4 is 17.2 Å². The number of nitrogens with zero attached hydrogens (tertiary/aromatic N) is 1. The molecule has 1 N–H and O–H groups in total. The predicted molar refractivity (Wildman–Crippen MR) is 97.9 cm³/mol. The van der Waals surface area contributed by atoms with Gasteiger partial charge in [-0.3, -0.25) is 9.69 Å². The van der Waals surface area contributed by atoms with Crippen LogP contribution in [0, 0.1) is 12.8 Å². The van der Waals surface area contributed by atoms with Crippen LogP contribution in [0.2, 0.25) is 0 Å². The number of thiophene rings is 1. The number of carbonyl (C=O) groups excluding carboxylic acids is 1. The van der Waals surface area contributed by atoms with Crippen LogP contribution < -0.4 is 5.32 Å². The third kappa shape index (κ3) is 3.01. The summed E-state index contributed by atoms with van der Waals surface area (Å²) < 4.78 is 0. The Morgan fingerprint density at radius 3 is 2.83 bits per heavy atom. The van der Waals surface area contributed by atoms with Crippen molar-refractivity contribution in [3.63, 3.8) is 0 Å². The molecule has 1 amide bonds. The highest BCUT2D eigenvalue weighted by molar-refractivity contribution is 7.11. The van der Waals surface area contributed by atoms with Crippen LogP contribution >= 0.6 is 11.3 Å². The first-order valence-electron chi connectivity index (χ1n) is 8.86. The van der Waals surface area contributed by atoms with Crippen molar-refractivity contribution in [2.45, 2.75) is 44.8 Å². The Morgan fingerprint density at radius 2 is 2.08 bits per heavy atom. The maximum absolute atomic E-state index is 12.8. The van der Waals surface area contributed by atoms with Gasteiger partial charge < -0.3 is 5.32 Å². The molecule has 1 aromatic carbocycles. The molecule has 126 valence electrons. The molecule has 3 atom stereocenters. The van der Waals surface area contributed by atoms with Gasteiger partial charge in [-0.15, -0.1) is 11.3 Å². The average Bonchev–Trinajstić information content (AvgIpc) is 3.29. The number of amides is 1. The molecule has 2 fully saturated rings. The minimum absolute atomic E-state index is 0.124. The third-order valence-corrected chi connectivity index (χ3v) is 6.44. The van der Waals surface area contributed by atoms with Gasteiger partial charge in [0.05, 0.1) is 12.5 Å². The predicted octanol–water partition coefficient (Wildman–Crippen LogP) is 3.90. The largest absolute Gasteiger partial charge is 0.351 e. The molecule has 0 spiro atoms. The Morgan fingerprint density at radius 1 is 1.25 bits per heavy atom. The molecule has 0 unspecified atom stereocenters. The van der Waals surface area contributed by atoms with Gasteiger partial charge in [-0.2, -0.15) is 0 Å². The number of rotatable bonds is 4. The molecule has 0 saturated carbocycles. The lowest BCUT2D eigenvalue weighted by Gasteiger charge is -2.24. The summed E-state index contributed by atoms with van der Waals surface area (Å²) in [6.07, 6.45) is 3.31. The number of aryl methyl sites for hydroxylation is 1. The normalized spacial score (nSPS) is 26.5. The van der Waals surface area contributed by atoms with Crippen LogP contribution in [0.25, 0.3) is 0 Å². The standard InChI is InChI=1S/C20H24N2OS/c1-14-9-10-16(24-14)13-21-20(23)17-12-19(15-6-3-2-4-7-15)22-11-5-8-18(17)22/h2-4,6-7,9-10,17-19H,5,8,11-13H2,1H3,(H,21,23)/t17-,18+,19-/m0/s1. The zero-order valence-electron chi connectivity index (χ0n) is 14.1. The van der Waals surface area contributed by atoms with Gasteiger partial charge in [-0.05, 0) is 50.4 Å². The lowest BCUT2D eigenvalue weighted by Crippen LogP contribution is -2.37. The second-order valence-electron chi connectivity index (χ2n) is 6.95. The smallest absolute Gasteiger partial charge is 0.225 e. The molecule has 0 bridgehead atoms. The van der Waals surface area contributed by atoms with Crippen molar-refractivity contribution in [2.75, 3.05) is 6.54 Å². The molecular weight excluding hydrogens is 316 g/mol. The summed E-state index contributed by atoms with van der Waals surface area (Å²) in [4.78, 5) is 17.9. The molecule has 4 heteroatoms. The fraction of sp³-hybridized carbons (Fsp3) is 0.450. The quantitative estimate of drug-likeness (QED) is 0.915. The zero-order valence-corrected chi connectivity index (χ0v) is 14.9. The molecule has 3 heterocycles. The molecule has 0 aliphatic carbocycles. The maximum atomic E-state index is 12.8. The van der Waals surface area contributed by atoms with E-state index in [2.05, 4.69) is 59.6 Å². The van der Waals surface area contributed by atoms with Crippen molar-refractivity contribution in [2.24, 2.45) is 5.92 Å². The van der Waals surface area contributed by atoms with Crippen molar-refractivity contribution in [3.8, 4) is 0 Å². The number of hydrogen-bond acceptors (Lipinski definition) is 3. The van der Waals surface area contributed by atoms with Gasteiger partial charge in [0, 0.05) is 21.8 Å². The van der Waals surface area contributed by atoms with Crippen LogP contribution in [-0.2, 0) is 11.3 Å². The molecular formula is C20H24N2OS. The number of benzene rings is 1. The number of hydrogen-bond donors (Lipinski definition) is 1. The van der Waals surface area contributed by atoms with Crippen molar-refractivity contribution in [1.29, 1.82) is 0 Å². The number of fused-ring (bicyclic) bond motifs is 1. The highest BCUT2D eigenvalue weighted by atomic mass is 32.1. The second kappa shape index (κ2) is 6.69. The summed E-state index contributed by atoms with van der Waals surface area (Å²) in [6.45, 7) is 3.89. The summed E-state index contributed by atoms with van der Waals surface area (Å²) in [6, 6.07) is 15.7. The van der Waals surface area contributed by atoms with E-state index in [0.717, 1.165) is 19.4 Å². The maximum Gasteiger partial charge on any atom is 0.225 e. The van der Waals surface area contributed by atoms with Crippen LogP contribution in [0.1, 0.15) is 40.6 Å². The van der Waals surface area contributed by atoms with Crippen LogP contribution in [0.4, 0.5) is 0 Å². The van der Waals surface area contributed by atoms with Crippen molar-refractivity contribution < 1.29 is 4.79 Å². The molecule has 2 aliphatic heterocycles. The Bertz CT molecular complexity index is 711. The lowest BCUT2D eigenvalue weighted by atomic mass is 9.93. The zero-order chi connectivity index (χ0) is 16.5. The average molecular weight is 340 g/mol. The van der Waals surface area contributed by atoms with E-state index in [1.54, 1.807) is 11.3 Å². The second-order valence-corrected chi connectivity index (χ2v) is 8.32. The van der Waals surface area contributed by atoms with E-state index < -0.39 is 0 Å². The number of carbonyl (C=O) groups is 1. The molecule has 0 radical (unpaired) electrons. The molecule has 2 saturated heterocycles. The first kappa shape index (κ1) is 15.9. The van der Waals surface area contributed by atoms with Gasteiger partial charge in [0.2, 0.25) is 5.91 Å². The lowest BCUT2D eigenvalue weighted by molar-refractivity contribution is -0.125. The first-order chi connectivity index (χ1) is 11.7. The van der Waals surface area contributed by atoms with Gasteiger partial charge >= 0.3 is 0 Å². The van der Waals surface area contributed by atoms with Crippen LogP contribution in [0.15, 0.2) is 42.5 Å². The molecule has 24 heavy (non-hydrogen) atoms. The van der Waals surface area contributed by atoms with E-state index in [1.165, 1.54) is 21.7 Å². The Hall–Kier alpha value is -1.65. The Labute approximate surface area is 147 Å². The fourth-order valence-electron chi connectivity index (χ4n) is 4.34. The topological polar surface area (TPSA) is 32.3 Å². The van der Waals surface area contributed by atoms with Crippen LogP contribution in [0.5, 0.6) is 0 Å². The third-order valence-electron chi connectivity index (χ3n) is 5.44. The SMILES string of the molecule is Cc1ccc(CNC(=O)[C@H]2C[C@@H](c3ccccc3)N3CCC[C@H]23)s1. The highest BCUT2D eigenvalue weighted by Crippen LogP contribution is 2.44. The van der Waals surface area contributed by atoms with E-state index >= 15 is 0 Å². The van der Waals surface area contributed by atoms with Gasteiger partial charge in [-0.1, -0.05) is 30.3 Å². The highest BCUT2D eigenvalue weighted by Gasteiger charge is 2.46. The Balaban J connectivity index is 1.46. The van der Waals surface area contributed by atoms with Crippen LogP contribution in [-0.4, -0.2) is 23.4 Å². The summed E-state index contributed by atoms with van der Waals surface area (Å²) in [5.74, 6) is 0.357. The van der Waals surface area contributed by atoms with E-state index in [-0.39, 0.29) is 11.8 Å². The summed E-state index contributed by atoms with van der Waals surface area (Å²) in [7, 11) is 0. The summed E-state index contributed by atoms with van der Waals surface area (Å²) in [5, 5.41) is 3.18. The molecule has 3 nitrogen and oxygen atoms in total. The molecule has 1 aromatic heterocycles. The van der Waals surface area contributed by atoms with Gasteiger partial charge in [0.1, 0.15) is 0 Å². The van der Waals surface area contributed by atoms with E-state index in [4.69, 9.17) is 0 Å². The Kier molecular flexibility index (Phi) is 4.42. The van der Waals surface area contributed by atoms with Crippen molar-refractivity contribution in [3.05, 3.63) is 57.8 Å². The van der Waals surface area contributed by atoms with Gasteiger partial charge in [0.25, 0.3) is 0 Å².